The Bertz CT molecular complexity index is 1080. The molecular weight excluding hydrogens is 455 g/mol. The van der Waals surface area contributed by atoms with Crippen LogP contribution in [0.15, 0.2) is 36.4 Å². The van der Waals surface area contributed by atoms with Crippen molar-refractivity contribution in [3.8, 4) is 5.75 Å². The molecular formula is C30H39FN2O3. The van der Waals surface area contributed by atoms with Gasteiger partial charge >= 0.3 is 0 Å². The number of benzene rings is 2. The van der Waals surface area contributed by atoms with E-state index in [1.807, 2.05) is 31.2 Å². The van der Waals surface area contributed by atoms with Gasteiger partial charge in [0.2, 0.25) is 5.91 Å². The minimum Gasteiger partial charge on any atom is -0.497 e. The van der Waals surface area contributed by atoms with E-state index in [-0.39, 0.29) is 30.0 Å². The van der Waals surface area contributed by atoms with Crippen LogP contribution in [-0.2, 0) is 29.0 Å². The highest BCUT2D eigenvalue weighted by molar-refractivity contribution is 5.81. The van der Waals surface area contributed by atoms with Crippen LogP contribution in [0.1, 0.15) is 61.3 Å². The number of carbonyl (C=O) groups is 2. The number of carbonyl (C=O) groups excluding carboxylic acids is 2. The molecule has 1 heterocycles. The quantitative estimate of drug-likeness (QED) is 0.486. The van der Waals surface area contributed by atoms with Crippen molar-refractivity contribution < 1.29 is 18.7 Å². The highest BCUT2D eigenvalue weighted by Crippen LogP contribution is 2.28. The molecule has 194 valence electrons. The third-order valence-electron chi connectivity index (χ3n) is 7.89. The molecule has 2 aromatic rings. The van der Waals surface area contributed by atoms with E-state index in [4.69, 9.17) is 4.74 Å². The first-order valence-corrected chi connectivity index (χ1v) is 13.3. The molecule has 4 rings (SSSR count). The number of aryl methyl sites for hydroxylation is 1. The first-order chi connectivity index (χ1) is 17.3. The molecule has 1 atom stereocenters. The zero-order valence-electron chi connectivity index (χ0n) is 21.9. The van der Waals surface area contributed by atoms with Gasteiger partial charge in [0.1, 0.15) is 17.3 Å². The lowest BCUT2D eigenvalue weighted by Gasteiger charge is -2.41. The number of hydrogen-bond acceptors (Lipinski definition) is 4. The molecule has 0 spiro atoms. The van der Waals surface area contributed by atoms with E-state index >= 15 is 0 Å². The standard InChI is InChI=1S/C30H39FN2O3/c1-21-19-32(13-14-33(21)30(35)24-8-4-5-9-24)20-26-17-27(31)16-25(22(26)2)18-28(34)12-11-23-7-6-10-29(15-23)36-3/h6-7,10,15-17,21,24H,4-5,8-9,11-14,18-20H2,1-3H3/t21-/m0/s1. The Kier molecular flexibility index (Phi) is 8.78. The summed E-state index contributed by atoms with van der Waals surface area (Å²) in [6.45, 7) is 7.02. The second-order valence-electron chi connectivity index (χ2n) is 10.5. The summed E-state index contributed by atoms with van der Waals surface area (Å²) in [5, 5.41) is 0. The Morgan fingerprint density at radius 1 is 1.08 bits per heavy atom. The molecule has 2 aromatic carbocycles. The van der Waals surface area contributed by atoms with E-state index in [1.54, 1.807) is 13.2 Å². The van der Waals surface area contributed by atoms with Gasteiger partial charge in [-0.3, -0.25) is 14.5 Å². The highest BCUT2D eigenvalue weighted by atomic mass is 19.1. The number of methoxy groups -OCH3 is 1. The molecule has 1 amide bonds. The summed E-state index contributed by atoms with van der Waals surface area (Å²) in [5.41, 5.74) is 3.74. The van der Waals surface area contributed by atoms with Crippen molar-refractivity contribution in [2.75, 3.05) is 26.7 Å². The van der Waals surface area contributed by atoms with Gasteiger partial charge in [-0.15, -0.1) is 0 Å². The number of halogens is 1. The van der Waals surface area contributed by atoms with Crippen molar-refractivity contribution in [3.05, 3.63) is 64.5 Å². The number of rotatable bonds is 9. The van der Waals surface area contributed by atoms with Crippen LogP contribution in [0.3, 0.4) is 0 Å². The Hall–Kier alpha value is -2.73. The number of hydrogen-bond donors (Lipinski definition) is 0. The van der Waals surface area contributed by atoms with E-state index in [9.17, 15) is 14.0 Å². The summed E-state index contributed by atoms with van der Waals surface area (Å²) in [6.07, 6.45) is 5.65. The molecule has 0 bridgehead atoms. The Morgan fingerprint density at radius 2 is 1.83 bits per heavy atom. The van der Waals surface area contributed by atoms with Crippen LogP contribution in [0.5, 0.6) is 5.75 Å². The van der Waals surface area contributed by atoms with Crippen molar-refractivity contribution in [2.24, 2.45) is 5.92 Å². The topological polar surface area (TPSA) is 49.9 Å². The Balaban J connectivity index is 1.35. The molecule has 0 aromatic heterocycles. The molecule has 2 aliphatic rings. The molecule has 0 unspecified atom stereocenters. The van der Waals surface area contributed by atoms with Gasteiger partial charge in [-0.05, 0) is 79.6 Å². The molecule has 1 aliphatic heterocycles. The predicted molar refractivity (Wildman–Crippen MR) is 140 cm³/mol. The van der Waals surface area contributed by atoms with Gasteiger partial charge in [-0.1, -0.05) is 25.0 Å². The van der Waals surface area contributed by atoms with E-state index in [0.29, 0.717) is 25.3 Å². The van der Waals surface area contributed by atoms with Crippen molar-refractivity contribution in [1.29, 1.82) is 0 Å². The summed E-state index contributed by atoms with van der Waals surface area (Å²) >= 11 is 0. The van der Waals surface area contributed by atoms with Crippen LogP contribution in [0.4, 0.5) is 4.39 Å². The molecule has 5 nitrogen and oxygen atoms in total. The van der Waals surface area contributed by atoms with Crippen molar-refractivity contribution >= 4 is 11.7 Å². The van der Waals surface area contributed by atoms with Crippen LogP contribution < -0.4 is 4.74 Å². The van der Waals surface area contributed by atoms with Gasteiger partial charge in [-0.2, -0.15) is 0 Å². The molecule has 0 N–H and O–H groups in total. The Morgan fingerprint density at radius 3 is 2.56 bits per heavy atom. The minimum absolute atomic E-state index is 0.102. The van der Waals surface area contributed by atoms with Crippen molar-refractivity contribution in [3.63, 3.8) is 0 Å². The van der Waals surface area contributed by atoms with Gasteiger partial charge in [0.25, 0.3) is 0 Å². The summed E-state index contributed by atoms with van der Waals surface area (Å²) in [5.74, 6) is 1.10. The normalized spacial score (nSPS) is 19.0. The molecule has 6 heteroatoms. The van der Waals surface area contributed by atoms with Crippen LogP contribution in [0.2, 0.25) is 0 Å². The van der Waals surface area contributed by atoms with Crippen molar-refractivity contribution in [2.45, 2.75) is 71.4 Å². The molecule has 1 saturated heterocycles. The summed E-state index contributed by atoms with van der Waals surface area (Å²) in [6, 6.07) is 11.0. The summed E-state index contributed by atoms with van der Waals surface area (Å²) in [4.78, 5) is 30.0. The lowest BCUT2D eigenvalue weighted by molar-refractivity contribution is -0.140. The maximum absolute atomic E-state index is 14.6. The lowest BCUT2D eigenvalue weighted by atomic mass is 9.95. The molecule has 36 heavy (non-hydrogen) atoms. The zero-order valence-corrected chi connectivity index (χ0v) is 21.9. The average molecular weight is 495 g/mol. The fourth-order valence-electron chi connectivity index (χ4n) is 5.71. The molecule has 0 radical (unpaired) electrons. The predicted octanol–water partition coefficient (Wildman–Crippen LogP) is 5.11. The summed E-state index contributed by atoms with van der Waals surface area (Å²) < 4.78 is 19.8. The number of Topliss-reactive ketones (excluding diaryl/α,β-unsaturated/α-hetero) is 1. The van der Waals surface area contributed by atoms with Gasteiger partial charge in [0.05, 0.1) is 7.11 Å². The van der Waals surface area contributed by atoms with Gasteiger partial charge < -0.3 is 9.64 Å². The van der Waals surface area contributed by atoms with Crippen LogP contribution in [0, 0.1) is 18.7 Å². The first-order valence-electron chi connectivity index (χ1n) is 13.3. The molecule has 2 fully saturated rings. The van der Waals surface area contributed by atoms with E-state index in [1.165, 1.54) is 6.07 Å². The number of ketones is 1. The fraction of sp³-hybridized carbons (Fsp3) is 0.533. The van der Waals surface area contributed by atoms with E-state index < -0.39 is 0 Å². The third kappa shape index (κ3) is 6.52. The average Bonchev–Trinajstić information content (AvgIpc) is 3.40. The monoisotopic (exact) mass is 494 g/mol. The van der Waals surface area contributed by atoms with Crippen molar-refractivity contribution in [1.82, 2.24) is 9.80 Å². The number of amides is 1. The first kappa shape index (κ1) is 26.3. The maximum Gasteiger partial charge on any atom is 0.226 e. The molecule has 1 aliphatic carbocycles. The van der Waals surface area contributed by atoms with E-state index in [2.05, 4.69) is 16.7 Å². The van der Waals surface area contributed by atoms with E-state index in [0.717, 1.165) is 73.3 Å². The van der Waals surface area contributed by atoms with Gasteiger partial charge in [0, 0.05) is 51.0 Å². The number of piperazine rings is 1. The smallest absolute Gasteiger partial charge is 0.226 e. The summed E-state index contributed by atoms with van der Waals surface area (Å²) in [7, 11) is 1.63. The minimum atomic E-state index is -0.297. The number of ether oxygens (including phenoxy) is 1. The largest absolute Gasteiger partial charge is 0.497 e. The fourth-order valence-corrected chi connectivity index (χ4v) is 5.71. The molecule has 1 saturated carbocycles. The second-order valence-corrected chi connectivity index (χ2v) is 10.5. The SMILES string of the molecule is COc1cccc(CCC(=O)Cc2cc(F)cc(CN3CCN(C(=O)C4CCCC4)[C@@H](C)C3)c2C)c1. The second kappa shape index (κ2) is 12.0. The lowest BCUT2D eigenvalue weighted by Crippen LogP contribution is -2.54. The van der Waals surface area contributed by atoms with Crippen LogP contribution >= 0.6 is 0 Å². The third-order valence-corrected chi connectivity index (χ3v) is 7.89. The maximum atomic E-state index is 14.6. The highest BCUT2D eigenvalue weighted by Gasteiger charge is 2.33. The Labute approximate surface area is 214 Å². The zero-order chi connectivity index (χ0) is 25.7. The number of nitrogens with zero attached hydrogens (tertiary/aromatic N) is 2. The van der Waals surface area contributed by atoms with Gasteiger partial charge in [-0.25, -0.2) is 4.39 Å². The van der Waals surface area contributed by atoms with Gasteiger partial charge in [0.15, 0.2) is 0 Å². The van der Waals surface area contributed by atoms with Crippen LogP contribution in [-0.4, -0.2) is 54.3 Å². The van der Waals surface area contributed by atoms with Crippen LogP contribution in [0.25, 0.3) is 0 Å².